The molecule has 0 aromatic carbocycles. The largest absolute Gasteiger partial charge is 0.366 e. The molecule has 1 fully saturated rings. The van der Waals surface area contributed by atoms with Gasteiger partial charge in [0.05, 0.1) is 6.04 Å². The van der Waals surface area contributed by atoms with Crippen molar-refractivity contribution in [3.8, 4) is 0 Å². The van der Waals surface area contributed by atoms with E-state index in [4.69, 9.17) is 0 Å². The lowest BCUT2D eigenvalue weighted by atomic mass is 9.91. The van der Waals surface area contributed by atoms with Crippen LogP contribution in [-0.2, 0) is 0 Å². The fraction of sp³-hybridized carbons (Fsp3) is 0.400. The molecule has 118 valence electrons. The summed E-state index contributed by atoms with van der Waals surface area (Å²) < 4.78 is 3.26. The minimum absolute atomic E-state index is 0.0244. The van der Waals surface area contributed by atoms with Gasteiger partial charge in [0.15, 0.2) is 5.65 Å². The van der Waals surface area contributed by atoms with Crippen molar-refractivity contribution in [2.75, 3.05) is 5.32 Å². The highest BCUT2D eigenvalue weighted by Crippen LogP contribution is 2.28. The number of rotatable bonds is 3. The maximum Gasteiger partial charge on any atom is 0.266 e. The zero-order valence-corrected chi connectivity index (χ0v) is 12.5. The van der Waals surface area contributed by atoms with Crippen molar-refractivity contribution in [2.45, 2.75) is 37.8 Å². The molecular weight excluding hydrogens is 294 g/mol. The minimum atomic E-state index is -0.0244. The molecule has 0 aliphatic heterocycles. The number of nitrogens with one attached hydrogen (secondary N) is 1. The molecule has 3 heterocycles. The Bertz CT molecular complexity index is 863. The Labute approximate surface area is 132 Å². The summed E-state index contributed by atoms with van der Waals surface area (Å²) in [6.07, 6.45) is 7.09. The summed E-state index contributed by atoms with van der Waals surface area (Å²) in [7, 11) is 0. The van der Waals surface area contributed by atoms with E-state index in [1.54, 1.807) is 33.9 Å². The zero-order valence-electron chi connectivity index (χ0n) is 12.5. The SMILES string of the molecule is O=c1cccnn1C1CCC(Nc2ccc3nncn3n2)CC1. The summed E-state index contributed by atoms with van der Waals surface area (Å²) in [6.45, 7) is 0. The van der Waals surface area contributed by atoms with Gasteiger partial charge in [0.1, 0.15) is 12.1 Å². The maximum atomic E-state index is 11.9. The average Bonchev–Trinajstić information content (AvgIpc) is 3.04. The number of hydrogen-bond acceptors (Lipinski definition) is 6. The second kappa shape index (κ2) is 5.79. The molecule has 3 aromatic rings. The van der Waals surface area contributed by atoms with Crippen LogP contribution in [0.3, 0.4) is 0 Å². The molecular formula is C15H17N7O. The Morgan fingerprint density at radius 2 is 2.00 bits per heavy atom. The van der Waals surface area contributed by atoms with Crippen LogP contribution in [0, 0.1) is 0 Å². The van der Waals surface area contributed by atoms with Crippen LogP contribution in [0.2, 0.25) is 0 Å². The third-order valence-electron chi connectivity index (χ3n) is 4.30. The van der Waals surface area contributed by atoms with Crippen LogP contribution < -0.4 is 10.9 Å². The van der Waals surface area contributed by atoms with Gasteiger partial charge in [-0.05, 0) is 43.9 Å². The third-order valence-corrected chi connectivity index (χ3v) is 4.30. The molecule has 0 atom stereocenters. The van der Waals surface area contributed by atoms with Gasteiger partial charge < -0.3 is 5.32 Å². The van der Waals surface area contributed by atoms with Gasteiger partial charge in [0.2, 0.25) is 0 Å². The Kier molecular flexibility index (Phi) is 3.49. The molecule has 23 heavy (non-hydrogen) atoms. The van der Waals surface area contributed by atoms with E-state index in [0.717, 1.165) is 37.1 Å². The Hall–Kier alpha value is -2.77. The second-order valence-corrected chi connectivity index (χ2v) is 5.81. The van der Waals surface area contributed by atoms with Crippen LogP contribution in [0.25, 0.3) is 5.65 Å². The molecule has 8 heteroatoms. The van der Waals surface area contributed by atoms with Crippen molar-refractivity contribution in [1.29, 1.82) is 0 Å². The highest BCUT2D eigenvalue weighted by molar-refractivity contribution is 5.43. The summed E-state index contributed by atoms with van der Waals surface area (Å²) in [5, 5.41) is 19.8. The maximum absolute atomic E-state index is 11.9. The van der Waals surface area contributed by atoms with Crippen LogP contribution >= 0.6 is 0 Å². The number of hydrogen-bond donors (Lipinski definition) is 1. The molecule has 0 saturated heterocycles. The highest BCUT2D eigenvalue weighted by atomic mass is 16.1. The predicted molar refractivity (Wildman–Crippen MR) is 84.2 cm³/mol. The second-order valence-electron chi connectivity index (χ2n) is 5.81. The molecule has 1 saturated carbocycles. The van der Waals surface area contributed by atoms with Gasteiger partial charge in [-0.3, -0.25) is 4.79 Å². The van der Waals surface area contributed by atoms with E-state index in [9.17, 15) is 4.79 Å². The summed E-state index contributed by atoms with van der Waals surface area (Å²) in [6, 6.07) is 7.59. The van der Waals surface area contributed by atoms with E-state index in [2.05, 4.69) is 25.7 Å². The van der Waals surface area contributed by atoms with Gasteiger partial charge in [-0.25, -0.2) is 4.68 Å². The summed E-state index contributed by atoms with van der Waals surface area (Å²) in [5.74, 6) is 0.816. The summed E-state index contributed by atoms with van der Waals surface area (Å²) in [4.78, 5) is 11.9. The van der Waals surface area contributed by atoms with Gasteiger partial charge in [-0.1, -0.05) is 0 Å². The first-order valence-electron chi connectivity index (χ1n) is 7.77. The topological polar surface area (TPSA) is 90.0 Å². The molecule has 8 nitrogen and oxygen atoms in total. The Morgan fingerprint density at radius 3 is 2.83 bits per heavy atom. The van der Waals surface area contributed by atoms with Gasteiger partial charge in [-0.15, -0.1) is 15.3 Å². The number of aromatic nitrogens is 6. The zero-order chi connectivity index (χ0) is 15.6. The van der Waals surface area contributed by atoms with E-state index < -0.39 is 0 Å². The van der Waals surface area contributed by atoms with E-state index in [1.807, 2.05) is 12.1 Å². The molecule has 0 bridgehead atoms. The van der Waals surface area contributed by atoms with Crippen LogP contribution in [0.5, 0.6) is 0 Å². The van der Waals surface area contributed by atoms with Crippen LogP contribution in [0.4, 0.5) is 5.82 Å². The normalized spacial score (nSPS) is 21.4. The van der Waals surface area contributed by atoms with E-state index in [-0.39, 0.29) is 11.6 Å². The smallest absolute Gasteiger partial charge is 0.266 e. The summed E-state index contributed by atoms with van der Waals surface area (Å²) in [5.41, 5.74) is 0.706. The van der Waals surface area contributed by atoms with Crippen molar-refractivity contribution >= 4 is 11.5 Å². The lowest BCUT2D eigenvalue weighted by Gasteiger charge is -2.29. The van der Waals surface area contributed by atoms with Crippen molar-refractivity contribution in [3.05, 3.63) is 47.1 Å². The third kappa shape index (κ3) is 2.79. The molecule has 1 aliphatic carbocycles. The van der Waals surface area contributed by atoms with E-state index in [0.29, 0.717) is 6.04 Å². The standard InChI is InChI=1S/C15H17N7O/c23-15-2-1-9-17-22(15)12-5-3-11(4-6-12)18-13-7-8-14-19-16-10-21(14)20-13/h1-2,7-12H,3-6H2,(H,18,20). The van der Waals surface area contributed by atoms with Gasteiger partial charge in [0, 0.05) is 18.3 Å². The van der Waals surface area contributed by atoms with Gasteiger partial charge in [0.25, 0.3) is 5.56 Å². The van der Waals surface area contributed by atoms with E-state index >= 15 is 0 Å². The number of fused-ring (bicyclic) bond motifs is 1. The first-order chi connectivity index (χ1) is 11.3. The molecule has 1 aliphatic rings. The molecule has 0 unspecified atom stereocenters. The minimum Gasteiger partial charge on any atom is -0.366 e. The van der Waals surface area contributed by atoms with Crippen molar-refractivity contribution < 1.29 is 0 Å². The quantitative estimate of drug-likeness (QED) is 0.783. The monoisotopic (exact) mass is 311 g/mol. The van der Waals surface area contributed by atoms with Crippen molar-refractivity contribution in [1.82, 2.24) is 29.6 Å². The average molecular weight is 311 g/mol. The lowest BCUT2D eigenvalue weighted by Crippen LogP contribution is -2.33. The van der Waals surface area contributed by atoms with Gasteiger partial charge in [-0.2, -0.15) is 9.61 Å². The first-order valence-corrected chi connectivity index (χ1v) is 7.77. The summed E-state index contributed by atoms with van der Waals surface area (Å²) >= 11 is 0. The number of nitrogens with zero attached hydrogens (tertiary/aromatic N) is 6. The molecule has 0 radical (unpaired) electrons. The first kappa shape index (κ1) is 13.9. The lowest BCUT2D eigenvalue weighted by molar-refractivity contribution is 0.303. The molecule has 0 amide bonds. The Balaban J connectivity index is 1.41. The van der Waals surface area contributed by atoms with E-state index in [1.165, 1.54) is 0 Å². The molecule has 0 spiro atoms. The number of anilines is 1. The fourth-order valence-electron chi connectivity index (χ4n) is 3.12. The molecule has 4 rings (SSSR count). The van der Waals surface area contributed by atoms with Crippen molar-refractivity contribution in [3.63, 3.8) is 0 Å². The molecule has 1 N–H and O–H groups in total. The fourth-order valence-corrected chi connectivity index (χ4v) is 3.12. The van der Waals surface area contributed by atoms with Gasteiger partial charge >= 0.3 is 0 Å². The van der Waals surface area contributed by atoms with Crippen LogP contribution in [-0.4, -0.2) is 35.6 Å². The molecule has 3 aromatic heterocycles. The van der Waals surface area contributed by atoms with Crippen molar-refractivity contribution in [2.24, 2.45) is 0 Å². The predicted octanol–water partition coefficient (Wildman–Crippen LogP) is 1.28. The Morgan fingerprint density at radius 1 is 1.13 bits per heavy atom. The van der Waals surface area contributed by atoms with Crippen LogP contribution in [0.1, 0.15) is 31.7 Å². The van der Waals surface area contributed by atoms with Crippen LogP contribution in [0.15, 0.2) is 41.6 Å². The highest BCUT2D eigenvalue weighted by Gasteiger charge is 2.23.